The van der Waals surface area contributed by atoms with Gasteiger partial charge in [-0.05, 0) is 52.7 Å². The minimum Gasteiger partial charge on any atom is -0.506 e. The van der Waals surface area contributed by atoms with Crippen LogP contribution < -0.4 is 10.6 Å². The highest BCUT2D eigenvalue weighted by Crippen LogP contribution is 2.37. The van der Waals surface area contributed by atoms with E-state index in [4.69, 9.17) is 11.6 Å². The normalized spacial score (nSPS) is 16.9. The molecule has 4 nitrogen and oxygen atoms in total. The highest BCUT2D eigenvalue weighted by molar-refractivity contribution is 9.10. The zero-order chi connectivity index (χ0) is 15.1. The molecule has 1 atom stereocenters. The Balaban J connectivity index is 2.06. The number of carbonyl (C=O) groups excluding carboxylic acids is 1. The Morgan fingerprint density at radius 3 is 2.81 bits per heavy atom. The topological polar surface area (TPSA) is 61.4 Å². The molecule has 6 heteroatoms. The summed E-state index contributed by atoms with van der Waals surface area (Å²) in [5.74, 6) is -0.166. The monoisotopic (exact) mass is 366 g/mol. The van der Waals surface area contributed by atoms with Gasteiger partial charge in [0.15, 0.2) is 0 Å². The quantitative estimate of drug-likeness (QED) is 0.715. The van der Waals surface area contributed by atoms with Gasteiger partial charge in [-0.1, -0.05) is 17.7 Å². The van der Waals surface area contributed by atoms with Gasteiger partial charge in [-0.15, -0.1) is 0 Å². The number of phenols is 1. The second kappa shape index (κ2) is 5.24. The SMILES string of the molecule is Cc1cc(Br)c(O)c(C2NC(=O)c3c(Cl)cccc3N2)c1. The minimum atomic E-state index is -0.514. The molecule has 1 heterocycles. The Kier molecular flexibility index (Phi) is 3.55. The van der Waals surface area contributed by atoms with Crippen LogP contribution in [-0.2, 0) is 0 Å². The van der Waals surface area contributed by atoms with E-state index in [1.54, 1.807) is 18.2 Å². The number of phenolic OH excluding ortho intramolecular Hbond substituents is 1. The van der Waals surface area contributed by atoms with Gasteiger partial charge in [0.2, 0.25) is 0 Å². The van der Waals surface area contributed by atoms with Gasteiger partial charge >= 0.3 is 0 Å². The molecule has 0 fully saturated rings. The zero-order valence-electron chi connectivity index (χ0n) is 11.1. The molecule has 0 aromatic heterocycles. The molecule has 21 heavy (non-hydrogen) atoms. The van der Waals surface area contributed by atoms with Gasteiger partial charge in [-0.3, -0.25) is 4.79 Å². The second-order valence-corrected chi connectivity index (χ2v) is 6.16. The van der Waals surface area contributed by atoms with Crippen molar-refractivity contribution < 1.29 is 9.90 Å². The summed E-state index contributed by atoms with van der Waals surface area (Å²) in [6.07, 6.45) is -0.514. The average molecular weight is 368 g/mol. The number of hydrogen-bond acceptors (Lipinski definition) is 3. The van der Waals surface area contributed by atoms with E-state index >= 15 is 0 Å². The van der Waals surface area contributed by atoms with Gasteiger partial charge in [0, 0.05) is 5.56 Å². The van der Waals surface area contributed by atoms with Crippen LogP contribution in [0.1, 0.15) is 27.7 Å². The number of aryl methyl sites for hydroxylation is 1. The molecule has 1 unspecified atom stereocenters. The van der Waals surface area contributed by atoms with Crippen molar-refractivity contribution >= 4 is 39.1 Å². The van der Waals surface area contributed by atoms with Crippen molar-refractivity contribution in [2.24, 2.45) is 0 Å². The highest BCUT2D eigenvalue weighted by Gasteiger charge is 2.28. The van der Waals surface area contributed by atoms with Crippen LogP contribution in [0.2, 0.25) is 5.02 Å². The lowest BCUT2D eigenvalue weighted by molar-refractivity contribution is 0.0935. The summed E-state index contributed by atoms with van der Waals surface area (Å²) >= 11 is 9.37. The Morgan fingerprint density at radius 1 is 1.29 bits per heavy atom. The minimum absolute atomic E-state index is 0.101. The molecule has 2 aromatic rings. The molecule has 0 saturated heterocycles. The van der Waals surface area contributed by atoms with Gasteiger partial charge in [0.1, 0.15) is 11.9 Å². The fraction of sp³-hybridized carbons (Fsp3) is 0.133. The molecule has 0 bridgehead atoms. The number of carbonyl (C=O) groups is 1. The van der Waals surface area contributed by atoms with E-state index in [0.717, 1.165) is 5.56 Å². The van der Waals surface area contributed by atoms with Gasteiger partial charge < -0.3 is 15.7 Å². The first-order valence-electron chi connectivity index (χ1n) is 6.32. The molecule has 0 spiro atoms. The lowest BCUT2D eigenvalue weighted by Crippen LogP contribution is -2.38. The van der Waals surface area contributed by atoms with Crippen LogP contribution in [0, 0.1) is 6.92 Å². The Bertz CT molecular complexity index is 749. The molecule has 1 amide bonds. The summed E-state index contributed by atoms with van der Waals surface area (Å²) in [5.41, 5.74) is 2.64. The number of fused-ring (bicyclic) bond motifs is 1. The maximum Gasteiger partial charge on any atom is 0.256 e. The third-order valence-electron chi connectivity index (χ3n) is 3.36. The molecule has 0 saturated carbocycles. The predicted molar refractivity (Wildman–Crippen MR) is 85.8 cm³/mol. The number of nitrogens with one attached hydrogen (secondary N) is 2. The fourth-order valence-corrected chi connectivity index (χ4v) is 3.26. The maximum absolute atomic E-state index is 12.2. The molecule has 1 aliphatic heterocycles. The van der Waals surface area contributed by atoms with Crippen molar-refractivity contribution in [3.05, 3.63) is 56.5 Å². The summed E-state index contributed by atoms with van der Waals surface area (Å²) in [6.45, 7) is 1.92. The Hall–Kier alpha value is -1.72. The molecule has 2 aromatic carbocycles. The predicted octanol–water partition coefficient (Wildman–Crippen LogP) is 3.97. The lowest BCUT2D eigenvalue weighted by Gasteiger charge is -2.29. The first-order valence-corrected chi connectivity index (χ1v) is 7.49. The van der Waals surface area contributed by atoms with E-state index in [9.17, 15) is 9.90 Å². The van der Waals surface area contributed by atoms with Crippen LogP contribution in [0.3, 0.4) is 0 Å². The van der Waals surface area contributed by atoms with Gasteiger partial charge in [-0.2, -0.15) is 0 Å². The van der Waals surface area contributed by atoms with E-state index in [1.165, 1.54) is 0 Å². The number of anilines is 1. The maximum atomic E-state index is 12.2. The van der Waals surface area contributed by atoms with Crippen LogP contribution in [0.4, 0.5) is 5.69 Å². The molecule has 0 radical (unpaired) electrons. The Labute approximate surface area is 135 Å². The molecule has 3 N–H and O–H groups in total. The van der Waals surface area contributed by atoms with Crippen LogP contribution in [0.15, 0.2) is 34.8 Å². The molecule has 0 aliphatic carbocycles. The number of rotatable bonds is 1. The van der Waals surface area contributed by atoms with Crippen molar-refractivity contribution in [1.29, 1.82) is 0 Å². The van der Waals surface area contributed by atoms with Gasteiger partial charge in [0.05, 0.1) is 20.7 Å². The number of hydrogen-bond donors (Lipinski definition) is 3. The fourth-order valence-electron chi connectivity index (χ4n) is 2.41. The number of amides is 1. The highest BCUT2D eigenvalue weighted by atomic mass is 79.9. The van der Waals surface area contributed by atoms with Crippen LogP contribution in [0.5, 0.6) is 5.75 Å². The van der Waals surface area contributed by atoms with Crippen molar-refractivity contribution in [1.82, 2.24) is 5.32 Å². The first kappa shape index (κ1) is 14.2. The summed E-state index contributed by atoms with van der Waals surface area (Å²) in [6, 6.07) is 8.87. The van der Waals surface area contributed by atoms with Crippen molar-refractivity contribution in [2.75, 3.05) is 5.32 Å². The van der Waals surface area contributed by atoms with Crippen LogP contribution in [0.25, 0.3) is 0 Å². The summed E-state index contributed by atoms with van der Waals surface area (Å²) in [5, 5.41) is 16.6. The van der Waals surface area contributed by atoms with E-state index < -0.39 is 6.17 Å². The molecular formula is C15H12BrClN2O2. The largest absolute Gasteiger partial charge is 0.506 e. The van der Waals surface area contributed by atoms with Gasteiger partial charge in [-0.25, -0.2) is 0 Å². The first-order chi connectivity index (χ1) is 9.97. The zero-order valence-corrected chi connectivity index (χ0v) is 13.4. The van der Waals surface area contributed by atoms with Crippen LogP contribution in [-0.4, -0.2) is 11.0 Å². The van der Waals surface area contributed by atoms with E-state index in [0.29, 0.717) is 26.3 Å². The third kappa shape index (κ3) is 2.47. The van der Waals surface area contributed by atoms with Crippen LogP contribution >= 0.6 is 27.5 Å². The van der Waals surface area contributed by atoms with Crippen molar-refractivity contribution in [2.45, 2.75) is 13.1 Å². The van der Waals surface area contributed by atoms with Crippen molar-refractivity contribution in [3.63, 3.8) is 0 Å². The number of aromatic hydroxyl groups is 1. The second-order valence-electron chi connectivity index (χ2n) is 4.90. The Morgan fingerprint density at radius 2 is 2.05 bits per heavy atom. The molecule has 108 valence electrons. The molecular weight excluding hydrogens is 356 g/mol. The summed E-state index contributed by atoms with van der Waals surface area (Å²) < 4.78 is 0.588. The molecule has 1 aliphatic rings. The summed E-state index contributed by atoms with van der Waals surface area (Å²) in [7, 11) is 0. The molecule has 3 rings (SSSR count). The van der Waals surface area contributed by atoms with Gasteiger partial charge in [0.25, 0.3) is 5.91 Å². The number of benzene rings is 2. The lowest BCUT2D eigenvalue weighted by atomic mass is 10.0. The van der Waals surface area contributed by atoms with Crippen molar-refractivity contribution in [3.8, 4) is 5.75 Å². The standard InChI is InChI=1S/C15H12BrClN2O2/c1-7-5-8(13(20)9(16)6-7)14-18-11-4-2-3-10(17)12(11)15(21)19-14/h2-6,14,18,20H,1H3,(H,19,21). The average Bonchev–Trinajstić information content (AvgIpc) is 2.42. The number of halogens is 2. The summed E-state index contributed by atoms with van der Waals surface area (Å²) in [4.78, 5) is 12.2. The van der Waals surface area contributed by atoms with E-state index in [-0.39, 0.29) is 11.7 Å². The third-order valence-corrected chi connectivity index (χ3v) is 4.28. The van der Waals surface area contributed by atoms with E-state index in [2.05, 4.69) is 26.6 Å². The smallest absolute Gasteiger partial charge is 0.256 e. The van der Waals surface area contributed by atoms with E-state index in [1.807, 2.05) is 19.1 Å².